The van der Waals surface area contributed by atoms with Crippen LogP contribution in [0, 0.1) is 5.82 Å². The second kappa shape index (κ2) is 8.88. The number of nitrogens with one attached hydrogen (secondary N) is 1. The van der Waals surface area contributed by atoms with Gasteiger partial charge in [-0.25, -0.2) is 16.1 Å². The lowest BCUT2D eigenvalue weighted by atomic mass is 10.2. The molecule has 0 spiro atoms. The van der Waals surface area contributed by atoms with Crippen molar-refractivity contribution in [1.29, 1.82) is 0 Å². The lowest BCUT2D eigenvalue weighted by Gasteiger charge is -2.18. The fourth-order valence-corrected chi connectivity index (χ4v) is 1.69. The molecular formula is C13H16ClFN4O3. The van der Waals surface area contributed by atoms with E-state index in [1.165, 1.54) is 23.4 Å². The number of carbonyl (C=O) groups is 1. The number of hydrogen-bond donors (Lipinski definition) is 3. The van der Waals surface area contributed by atoms with Gasteiger partial charge in [-0.2, -0.15) is 0 Å². The highest BCUT2D eigenvalue weighted by Crippen LogP contribution is 2.36. The summed E-state index contributed by atoms with van der Waals surface area (Å²) in [5.41, 5.74) is 2.24. The van der Waals surface area contributed by atoms with E-state index in [4.69, 9.17) is 31.4 Å². The van der Waals surface area contributed by atoms with Crippen LogP contribution < -0.4 is 26.9 Å². The standard InChI is InChI=1S/C12H12ClFN2O2.CH4N2O/c1-16(15)10-5-4-9(14)11(13)12(10)18-7-8-3-2-6-17-8;2-3-1-4/h2-6H,7,15H2,1H3;1H,2H2,(H,3,4). The van der Waals surface area contributed by atoms with Gasteiger partial charge in [0.05, 0.1) is 12.0 Å². The minimum absolute atomic E-state index is 0.101. The van der Waals surface area contributed by atoms with Crippen molar-refractivity contribution in [3.63, 3.8) is 0 Å². The zero-order valence-electron chi connectivity index (χ0n) is 11.8. The van der Waals surface area contributed by atoms with Gasteiger partial charge < -0.3 is 14.2 Å². The first-order valence-electron chi connectivity index (χ1n) is 6.02. The second-order valence-electron chi connectivity index (χ2n) is 3.97. The quantitative estimate of drug-likeness (QED) is 0.332. The molecule has 1 aromatic heterocycles. The number of rotatable bonds is 5. The van der Waals surface area contributed by atoms with E-state index in [0.717, 1.165) is 0 Å². The van der Waals surface area contributed by atoms with E-state index in [1.807, 2.05) is 0 Å². The molecule has 0 fully saturated rings. The molecule has 0 unspecified atom stereocenters. The average molecular weight is 331 g/mol. The highest BCUT2D eigenvalue weighted by molar-refractivity contribution is 6.32. The van der Waals surface area contributed by atoms with Crippen molar-refractivity contribution < 1.29 is 18.3 Å². The van der Waals surface area contributed by atoms with E-state index in [9.17, 15) is 4.39 Å². The highest BCUT2D eigenvalue weighted by Gasteiger charge is 2.15. The number of anilines is 1. The van der Waals surface area contributed by atoms with Gasteiger partial charge in [-0.1, -0.05) is 11.6 Å². The molecule has 1 heterocycles. The molecule has 2 aromatic rings. The number of hydrazine groups is 2. The Morgan fingerprint density at radius 2 is 2.18 bits per heavy atom. The SMILES string of the molecule is CN(N)c1ccc(F)c(Cl)c1OCc1ccco1.NNC=O. The largest absolute Gasteiger partial charge is 0.482 e. The Morgan fingerprint density at radius 3 is 2.68 bits per heavy atom. The zero-order valence-corrected chi connectivity index (χ0v) is 12.5. The molecule has 5 N–H and O–H groups in total. The Hall–Kier alpha value is -2.29. The second-order valence-corrected chi connectivity index (χ2v) is 4.35. The van der Waals surface area contributed by atoms with Crippen LogP contribution in [0.5, 0.6) is 5.75 Å². The molecule has 0 saturated carbocycles. The number of benzene rings is 1. The van der Waals surface area contributed by atoms with Crippen molar-refractivity contribution in [3.8, 4) is 5.75 Å². The molecule has 1 aromatic carbocycles. The van der Waals surface area contributed by atoms with Crippen molar-refractivity contribution in [2.24, 2.45) is 11.7 Å². The van der Waals surface area contributed by atoms with E-state index in [0.29, 0.717) is 17.9 Å². The van der Waals surface area contributed by atoms with Crippen LogP contribution >= 0.6 is 11.6 Å². The molecule has 2 rings (SSSR count). The molecule has 1 amide bonds. The fraction of sp³-hybridized carbons (Fsp3) is 0.154. The van der Waals surface area contributed by atoms with Gasteiger partial charge in [0.15, 0.2) is 5.75 Å². The van der Waals surface area contributed by atoms with E-state index >= 15 is 0 Å². The smallest absolute Gasteiger partial charge is 0.221 e. The van der Waals surface area contributed by atoms with Gasteiger partial charge in [0, 0.05) is 7.05 Å². The predicted molar refractivity (Wildman–Crippen MR) is 80.4 cm³/mol. The number of amides is 1. The minimum Gasteiger partial charge on any atom is -0.482 e. The fourth-order valence-electron chi connectivity index (χ4n) is 1.47. The third-order valence-electron chi connectivity index (χ3n) is 2.42. The Bertz CT molecular complexity index is 593. The maximum Gasteiger partial charge on any atom is 0.221 e. The summed E-state index contributed by atoms with van der Waals surface area (Å²) < 4.78 is 24.0. The van der Waals surface area contributed by atoms with Gasteiger partial charge in [0.1, 0.15) is 23.2 Å². The van der Waals surface area contributed by atoms with Crippen molar-refractivity contribution >= 4 is 23.7 Å². The molecule has 0 saturated heterocycles. The summed E-state index contributed by atoms with van der Waals surface area (Å²) >= 11 is 5.87. The van der Waals surface area contributed by atoms with Gasteiger partial charge in [0.25, 0.3) is 0 Å². The third-order valence-corrected chi connectivity index (χ3v) is 2.77. The average Bonchev–Trinajstić information content (AvgIpc) is 3.02. The van der Waals surface area contributed by atoms with Crippen LogP contribution in [0.3, 0.4) is 0 Å². The molecule has 22 heavy (non-hydrogen) atoms. The number of halogens is 2. The molecular weight excluding hydrogens is 315 g/mol. The molecule has 0 atom stereocenters. The van der Waals surface area contributed by atoms with Gasteiger partial charge in [-0.3, -0.25) is 10.2 Å². The molecule has 0 radical (unpaired) electrons. The maximum absolute atomic E-state index is 13.4. The molecule has 0 aliphatic heterocycles. The van der Waals surface area contributed by atoms with Crippen LogP contribution in [0.4, 0.5) is 10.1 Å². The van der Waals surface area contributed by atoms with Crippen LogP contribution in [0.1, 0.15) is 5.76 Å². The molecule has 0 aliphatic carbocycles. The molecule has 0 bridgehead atoms. The van der Waals surface area contributed by atoms with Crippen molar-refractivity contribution in [2.75, 3.05) is 12.1 Å². The molecule has 120 valence electrons. The van der Waals surface area contributed by atoms with Crippen molar-refractivity contribution in [3.05, 3.63) is 47.1 Å². The van der Waals surface area contributed by atoms with Gasteiger partial charge in [-0.15, -0.1) is 0 Å². The summed E-state index contributed by atoms with van der Waals surface area (Å²) in [6, 6.07) is 6.22. The highest BCUT2D eigenvalue weighted by atomic mass is 35.5. The first-order valence-corrected chi connectivity index (χ1v) is 6.40. The van der Waals surface area contributed by atoms with E-state index in [-0.39, 0.29) is 17.4 Å². The molecule has 0 aliphatic rings. The van der Waals surface area contributed by atoms with Gasteiger partial charge in [0.2, 0.25) is 6.41 Å². The van der Waals surface area contributed by atoms with Crippen LogP contribution in [0.15, 0.2) is 34.9 Å². The number of hydrogen-bond acceptors (Lipinski definition) is 6. The lowest BCUT2D eigenvalue weighted by molar-refractivity contribution is -0.109. The first kappa shape index (κ1) is 17.8. The Labute approximate surface area is 131 Å². The number of carbonyl (C=O) groups excluding carboxylic acids is 1. The summed E-state index contributed by atoms with van der Waals surface area (Å²) in [5, 5.41) is 1.21. The number of furan rings is 1. The van der Waals surface area contributed by atoms with Crippen LogP contribution in [-0.4, -0.2) is 13.5 Å². The van der Waals surface area contributed by atoms with Crippen LogP contribution in [0.2, 0.25) is 5.02 Å². The normalized spacial score (nSPS) is 9.50. The summed E-state index contributed by atoms with van der Waals surface area (Å²) in [7, 11) is 1.61. The minimum atomic E-state index is -0.559. The Kier molecular flexibility index (Phi) is 7.17. The molecule has 9 heteroatoms. The summed E-state index contributed by atoms with van der Waals surface area (Å²) in [6.07, 6.45) is 1.93. The Morgan fingerprint density at radius 1 is 1.50 bits per heavy atom. The van der Waals surface area contributed by atoms with E-state index in [1.54, 1.807) is 24.6 Å². The topological polar surface area (TPSA) is 107 Å². The number of nitrogens with two attached hydrogens (primary N) is 2. The monoisotopic (exact) mass is 330 g/mol. The van der Waals surface area contributed by atoms with Gasteiger partial charge in [-0.05, 0) is 24.3 Å². The van der Waals surface area contributed by atoms with Gasteiger partial charge >= 0.3 is 0 Å². The molecule has 7 nitrogen and oxygen atoms in total. The summed E-state index contributed by atoms with van der Waals surface area (Å²) in [6.45, 7) is 0.150. The van der Waals surface area contributed by atoms with Crippen molar-refractivity contribution in [1.82, 2.24) is 5.43 Å². The first-order chi connectivity index (χ1) is 10.5. The van der Waals surface area contributed by atoms with Crippen LogP contribution in [0.25, 0.3) is 0 Å². The zero-order chi connectivity index (χ0) is 16.5. The maximum atomic E-state index is 13.4. The van der Waals surface area contributed by atoms with E-state index < -0.39 is 5.82 Å². The summed E-state index contributed by atoms with van der Waals surface area (Å²) in [5.74, 6) is 10.3. The van der Waals surface area contributed by atoms with Crippen molar-refractivity contribution in [2.45, 2.75) is 6.61 Å². The summed E-state index contributed by atoms with van der Waals surface area (Å²) in [4.78, 5) is 8.94. The number of ether oxygens (including phenoxy) is 1. The lowest BCUT2D eigenvalue weighted by Crippen LogP contribution is -2.25. The third kappa shape index (κ3) is 4.92. The predicted octanol–water partition coefficient (Wildman–Crippen LogP) is 1.57. The van der Waals surface area contributed by atoms with E-state index in [2.05, 4.69) is 5.84 Å². The Balaban J connectivity index is 0.000000541. The number of nitrogens with zero attached hydrogens (tertiary/aromatic N) is 1. The van der Waals surface area contributed by atoms with Crippen LogP contribution in [-0.2, 0) is 11.4 Å².